The Morgan fingerprint density at radius 2 is 1.88 bits per heavy atom. The van der Waals surface area contributed by atoms with Crippen molar-refractivity contribution in [3.8, 4) is 0 Å². The van der Waals surface area contributed by atoms with Crippen LogP contribution in [0, 0.1) is 0 Å². The monoisotopic (exact) mass is 249 g/mol. The number of hydrogen-bond acceptors (Lipinski definition) is 3. The van der Waals surface area contributed by atoms with Crippen LogP contribution in [-0.2, 0) is 4.53 Å². The number of carboxylic acid groups (broad SMARTS) is 1. The molecule has 1 unspecified atom stereocenters. The fourth-order valence-corrected chi connectivity index (χ4v) is 1.80. The number of carbonyl (C=O) groups is 1. The predicted octanol–water partition coefficient (Wildman–Crippen LogP) is 2.28. The van der Waals surface area contributed by atoms with Gasteiger partial charge in [0.05, 0.1) is 12.6 Å². The van der Waals surface area contributed by atoms with Crippen LogP contribution in [0.15, 0.2) is 0 Å². The molecule has 16 heavy (non-hydrogen) atoms. The second kappa shape index (κ2) is 5.16. The molecule has 0 fully saturated rings. The minimum atomic E-state index is -2.18. The highest BCUT2D eigenvalue weighted by Crippen LogP contribution is 2.37. The smallest absolute Gasteiger partial charge is 0.430 e. The molecule has 0 aliphatic carbocycles. The molecule has 0 heterocycles. The third-order valence-electron chi connectivity index (χ3n) is 2.99. The van der Waals surface area contributed by atoms with E-state index in [0.717, 1.165) is 5.06 Å². The van der Waals surface area contributed by atoms with Crippen molar-refractivity contribution in [3.63, 3.8) is 0 Å². The zero-order chi connectivity index (χ0) is 13.1. The third-order valence-corrected chi connectivity index (χ3v) is 7.25. The summed E-state index contributed by atoms with van der Waals surface area (Å²) in [5, 5.41) is 18.8. The molecule has 0 rings (SSSR count). The molecule has 0 spiro atoms. The Kier molecular flexibility index (Phi) is 4.97. The Labute approximate surface area is 98.1 Å². The van der Waals surface area contributed by atoms with Gasteiger partial charge in [-0.2, -0.15) is 5.06 Å². The van der Waals surface area contributed by atoms with Crippen molar-refractivity contribution in [2.45, 2.75) is 51.9 Å². The van der Waals surface area contributed by atoms with Crippen molar-refractivity contribution < 1.29 is 19.5 Å². The number of aliphatic hydroxyl groups is 1. The van der Waals surface area contributed by atoms with Gasteiger partial charge in [-0.25, -0.2) is 4.79 Å². The summed E-state index contributed by atoms with van der Waals surface area (Å²) in [6, 6.07) is -0.549. The topological polar surface area (TPSA) is 70.0 Å². The first-order valence-electron chi connectivity index (χ1n) is 5.35. The van der Waals surface area contributed by atoms with Gasteiger partial charge in [0.1, 0.15) is 0 Å². The highest BCUT2D eigenvalue weighted by atomic mass is 28.4. The molecular formula is C10H23NO4Si. The molecule has 0 bridgehead atoms. The maximum Gasteiger partial charge on any atom is 0.430 e. The van der Waals surface area contributed by atoms with E-state index in [1.54, 1.807) is 6.92 Å². The van der Waals surface area contributed by atoms with Crippen molar-refractivity contribution in [2.75, 3.05) is 6.61 Å². The molecule has 0 aromatic carbocycles. The summed E-state index contributed by atoms with van der Waals surface area (Å²) < 4.78 is 5.63. The Hall–Kier alpha value is -0.593. The van der Waals surface area contributed by atoms with Gasteiger partial charge in [0, 0.05) is 0 Å². The van der Waals surface area contributed by atoms with Crippen molar-refractivity contribution in [1.82, 2.24) is 5.06 Å². The van der Waals surface area contributed by atoms with Crippen molar-refractivity contribution in [3.05, 3.63) is 0 Å². The van der Waals surface area contributed by atoms with E-state index in [-0.39, 0.29) is 11.6 Å². The van der Waals surface area contributed by atoms with E-state index < -0.39 is 20.5 Å². The zero-order valence-electron chi connectivity index (χ0n) is 10.9. The fourth-order valence-electron chi connectivity index (χ4n) is 0.775. The molecule has 96 valence electrons. The molecule has 1 atom stereocenters. The summed E-state index contributed by atoms with van der Waals surface area (Å²) in [6.07, 6.45) is -1.16. The summed E-state index contributed by atoms with van der Waals surface area (Å²) in [5.74, 6) is 0. The number of amides is 1. The Balaban J connectivity index is 4.83. The Morgan fingerprint density at radius 1 is 1.44 bits per heavy atom. The van der Waals surface area contributed by atoms with Gasteiger partial charge >= 0.3 is 6.09 Å². The molecule has 6 heteroatoms. The van der Waals surface area contributed by atoms with E-state index in [4.69, 9.17) is 14.7 Å². The molecule has 0 radical (unpaired) electrons. The molecular weight excluding hydrogens is 226 g/mol. The fraction of sp³-hybridized carbons (Fsp3) is 0.900. The molecule has 0 aliphatic heterocycles. The van der Waals surface area contributed by atoms with Crippen LogP contribution >= 0.6 is 0 Å². The van der Waals surface area contributed by atoms with Crippen LogP contribution in [-0.4, -0.2) is 42.3 Å². The van der Waals surface area contributed by atoms with Crippen LogP contribution in [0.5, 0.6) is 0 Å². The molecule has 0 saturated heterocycles. The Bertz CT molecular complexity index is 250. The van der Waals surface area contributed by atoms with Crippen molar-refractivity contribution in [2.24, 2.45) is 0 Å². The standard InChI is InChI=1S/C10H23NO4Si/c1-8(7-12)11(9(13)14)15-16(5,6)10(2,3)4/h8,12H,7H2,1-6H3,(H,13,14). The maximum atomic E-state index is 11.0. The van der Waals surface area contributed by atoms with Crippen LogP contribution in [0.25, 0.3) is 0 Å². The second-order valence-electron chi connectivity index (χ2n) is 5.49. The second-order valence-corrected chi connectivity index (χ2v) is 10.2. The molecule has 0 aliphatic rings. The van der Waals surface area contributed by atoms with Gasteiger partial charge in [-0.3, -0.25) is 0 Å². The van der Waals surface area contributed by atoms with E-state index in [0.29, 0.717) is 0 Å². The Morgan fingerprint density at radius 3 is 2.12 bits per heavy atom. The zero-order valence-corrected chi connectivity index (χ0v) is 11.9. The molecule has 0 aromatic heterocycles. The van der Waals surface area contributed by atoms with E-state index in [9.17, 15) is 4.79 Å². The van der Waals surface area contributed by atoms with Gasteiger partial charge in [-0.15, -0.1) is 0 Å². The SMILES string of the molecule is CC(CO)N(O[Si](C)(C)C(C)(C)C)C(=O)O. The van der Waals surface area contributed by atoms with Gasteiger partial charge in [-0.1, -0.05) is 20.8 Å². The summed E-state index contributed by atoms with van der Waals surface area (Å²) in [6.45, 7) is 11.4. The number of rotatable bonds is 4. The van der Waals surface area contributed by atoms with E-state index in [2.05, 4.69) is 0 Å². The van der Waals surface area contributed by atoms with Crippen molar-refractivity contribution >= 4 is 14.4 Å². The van der Waals surface area contributed by atoms with E-state index in [1.807, 2.05) is 33.9 Å². The van der Waals surface area contributed by atoms with Crippen LogP contribution < -0.4 is 0 Å². The maximum absolute atomic E-state index is 11.0. The van der Waals surface area contributed by atoms with Crippen LogP contribution in [0.1, 0.15) is 27.7 Å². The number of nitrogens with zero attached hydrogens (tertiary/aromatic N) is 1. The molecule has 5 nitrogen and oxygen atoms in total. The predicted molar refractivity (Wildman–Crippen MR) is 64.7 cm³/mol. The lowest BCUT2D eigenvalue weighted by molar-refractivity contribution is -0.0875. The lowest BCUT2D eigenvalue weighted by Crippen LogP contribution is -2.51. The van der Waals surface area contributed by atoms with Gasteiger partial charge < -0.3 is 14.7 Å². The summed E-state index contributed by atoms with van der Waals surface area (Å²) >= 11 is 0. The largest absolute Gasteiger partial charge is 0.463 e. The minimum absolute atomic E-state index is 0.0735. The molecule has 0 aromatic rings. The van der Waals surface area contributed by atoms with Crippen LogP contribution in [0.2, 0.25) is 18.1 Å². The quantitative estimate of drug-likeness (QED) is 0.592. The summed E-state index contributed by atoms with van der Waals surface area (Å²) in [4.78, 5) is 11.0. The average molecular weight is 249 g/mol. The number of hydroxylamine groups is 2. The first-order chi connectivity index (χ1) is 7.03. The lowest BCUT2D eigenvalue weighted by Gasteiger charge is -2.40. The van der Waals surface area contributed by atoms with E-state index in [1.165, 1.54) is 0 Å². The normalized spacial score (nSPS) is 14.7. The third kappa shape index (κ3) is 3.77. The molecule has 0 saturated carbocycles. The molecule has 2 N–H and O–H groups in total. The average Bonchev–Trinajstić information content (AvgIpc) is 2.10. The molecule has 1 amide bonds. The van der Waals surface area contributed by atoms with Gasteiger partial charge in [-0.05, 0) is 25.1 Å². The first-order valence-corrected chi connectivity index (χ1v) is 8.26. The minimum Gasteiger partial charge on any atom is -0.463 e. The summed E-state index contributed by atoms with van der Waals surface area (Å²) in [7, 11) is -2.18. The van der Waals surface area contributed by atoms with Gasteiger partial charge in [0.2, 0.25) is 8.32 Å². The summed E-state index contributed by atoms with van der Waals surface area (Å²) in [5.41, 5.74) is 0. The first kappa shape index (κ1) is 15.4. The van der Waals surface area contributed by atoms with Crippen LogP contribution in [0.4, 0.5) is 4.79 Å². The highest BCUT2D eigenvalue weighted by Gasteiger charge is 2.41. The highest BCUT2D eigenvalue weighted by molar-refractivity contribution is 6.74. The van der Waals surface area contributed by atoms with Crippen molar-refractivity contribution in [1.29, 1.82) is 0 Å². The number of aliphatic hydroxyl groups excluding tert-OH is 1. The lowest BCUT2D eigenvalue weighted by atomic mass is 10.2. The van der Waals surface area contributed by atoms with E-state index >= 15 is 0 Å². The number of hydrogen-bond donors (Lipinski definition) is 2. The van der Waals surface area contributed by atoms with Gasteiger partial charge in [0.25, 0.3) is 0 Å². The van der Waals surface area contributed by atoms with Gasteiger partial charge in [0.15, 0.2) is 0 Å². The van der Waals surface area contributed by atoms with Crippen LogP contribution in [0.3, 0.4) is 0 Å².